The number of hydrogen-bond acceptors (Lipinski definition) is 6. The normalized spacial score (nSPS) is 10.4. The van der Waals surface area contributed by atoms with Gasteiger partial charge in [0, 0.05) is 12.6 Å². The van der Waals surface area contributed by atoms with E-state index in [1.807, 2.05) is 0 Å². The van der Waals surface area contributed by atoms with Gasteiger partial charge >= 0.3 is 0 Å². The van der Waals surface area contributed by atoms with Crippen LogP contribution in [0, 0.1) is 0 Å². The lowest BCUT2D eigenvalue weighted by atomic mass is 10.2. The lowest BCUT2D eigenvalue weighted by Crippen LogP contribution is -2.15. The molecule has 0 aliphatic rings. The van der Waals surface area contributed by atoms with Crippen LogP contribution >= 0.6 is 0 Å². The zero-order valence-corrected chi connectivity index (χ0v) is 10.5. The molecular formula is C11H10N8O. The van der Waals surface area contributed by atoms with Gasteiger partial charge in [0.15, 0.2) is 0 Å². The van der Waals surface area contributed by atoms with Gasteiger partial charge in [-0.15, -0.1) is 15.3 Å². The van der Waals surface area contributed by atoms with Crippen LogP contribution in [0.15, 0.2) is 36.9 Å². The maximum absolute atomic E-state index is 12.1. The van der Waals surface area contributed by atoms with Crippen molar-refractivity contribution in [3.8, 4) is 5.69 Å². The van der Waals surface area contributed by atoms with Gasteiger partial charge in [-0.2, -0.15) is 0 Å². The van der Waals surface area contributed by atoms with E-state index >= 15 is 0 Å². The van der Waals surface area contributed by atoms with Crippen LogP contribution in [0.4, 0.5) is 5.95 Å². The van der Waals surface area contributed by atoms with Crippen molar-refractivity contribution in [1.29, 1.82) is 0 Å². The second-order valence-corrected chi connectivity index (χ2v) is 4.02. The Bertz CT molecular complexity index is 732. The molecule has 3 aromatic rings. The molecule has 0 aliphatic heterocycles. The van der Waals surface area contributed by atoms with Crippen LogP contribution in [0.3, 0.4) is 0 Å². The van der Waals surface area contributed by atoms with Gasteiger partial charge in [-0.1, -0.05) is 6.07 Å². The minimum atomic E-state index is -0.281. The molecule has 3 rings (SSSR count). The summed E-state index contributed by atoms with van der Waals surface area (Å²) in [4.78, 5) is 12.1. The number of anilines is 1. The minimum absolute atomic E-state index is 0.281. The smallest absolute Gasteiger partial charge is 0.258 e. The molecule has 1 amide bonds. The number of carbonyl (C=O) groups excluding carboxylic acids is 1. The number of rotatable bonds is 3. The van der Waals surface area contributed by atoms with Crippen LogP contribution in [0.25, 0.3) is 5.69 Å². The highest BCUT2D eigenvalue weighted by atomic mass is 16.1. The third kappa shape index (κ3) is 2.23. The van der Waals surface area contributed by atoms with E-state index in [2.05, 4.69) is 31.0 Å². The number of tetrazole rings is 1. The Balaban J connectivity index is 1.85. The van der Waals surface area contributed by atoms with Crippen LogP contribution in [-0.4, -0.2) is 40.9 Å². The highest BCUT2D eigenvalue weighted by molar-refractivity contribution is 6.03. The van der Waals surface area contributed by atoms with Gasteiger partial charge in [0.05, 0.1) is 5.69 Å². The van der Waals surface area contributed by atoms with E-state index in [1.165, 1.54) is 17.3 Å². The maximum atomic E-state index is 12.1. The molecule has 0 atom stereocenters. The number of benzene rings is 1. The Morgan fingerprint density at radius 3 is 2.85 bits per heavy atom. The van der Waals surface area contributed by atoms with Gasteiger partial charge in [-0.3, -0.25) is 10.1 Å². The van der Waals surface area contributed by atoms with E-state index < -0.39 is 0 Å². The van der Waals surface area contributed by atoms with E-state index in [-0.39, 0.29) is 5.91 Å². The van der Waals surface area contributed by atoms with Gasteiger partial charge in [0.2, 0.25) is 5.95 Å². The predicted molar refractivity (Wildman–Crippen MR) is 68.1 cm³/mol. The van der Waals surface area contributed by atoms with Crippen LogP contribution in [0.1, 0.15) is 10.4 Å². The van der Waals surface area contributed by atoms with Crippen LogP contribution in [-0.2, 0) is 7.05 Å². The van der Waals surface area contributed by atoms with Crippen LogP contribution in [0.5, 0.6) is 0 Å². The number of amides is 1. The molecule has 0 aliphatic carbocycles. The van der Waals surface area contributed by atoms with Crippen molar-refractivity contribution in [1.82, 2.24) is 35.0 Å². The SMILES string of the molecule is Cn1cnnc1NC(=O)c1cccc(-n2cnnn2)c1. The largest absolute Gasteiger partial charge is 0.303 e. The lowest BCUT2D eigenvalue weighted by molar-refractivity contribution is 0.102. The van der Waals surface area contributed by atoms with Crippen LogP contribution < -0.4 is 5.32 Å². The summed E-state index contributed by atoms with van der Waals surface area (Å²) >= 11 is 0. The molecular weight excluding hydrogens is 260 g/mol. The molecule has 2 heterocycles. The van der Waals surface area contributed by atoms with E-state index in [0.717, 1.165) is 0 Å². The third-order valence-corrected chi connectivity index (χ3v) is 2.66. The summed E-state index contributed by atoms with van der Waals surface area (Å²) in [6, 6.07) is 6.93. The van der Waals surface area contributed by atoms with E-state index in [1.54, 1.807) is 35.9 Å². The predicted octanol–water partition coefficient (Wildman–Crippen LogP) is 0.0431. The van der Waals surface area contributed by atoms with Gasteiger partial charge < -0.3 is 4.57 Å². The molecule has 9 nitrogen and oxygen atoms in total. The zero-order valence-electron chi connectivity index (χ0n) is 10.5. The molecule has 9 heteroatoms. The summed E-state index contributed by atoms with van der Waals surface area (Å²) in [5.41, 5.74) is 1.17. The monoisotopic (exact) mass is 270 g/mol. The first-order valence-corrected chi connectivity index (χ1v) is 5.73. The Kier molecular flexibility index (Phi) is 2.92. The second-order valence-electron chi connectivity index (χ2n) is 4.02. The van der Waals surface area contributed by atoms with Gasteiger partial charge in [-0.05, 0) is 28.6 Å². The zero-order chi connectivity index (χ0) is 13.9. The Morgan fingerprint density at radius 1 is 1.25 bits per heavy atom. The van der Waals surface area contributed by atoms with Gasteiger partial charge in [0.1, 0.15) is 12.7 Å². The highest BCUT2D eigenvalue weighted by Gasteiger charge is 2.10. The number of carbonyl (C=O) groups is 1. The molecule has 20 heavy (non-hydrogen) atoms. The Morgan fingerprint density at radius 2 is 2.15 bits per heavy atom. The van der Waals surface area contributed by atoms with Gasteiger partial charge in [-0.25, -0.2) is 4.68 Å². The molecule has 0 spiro atoms. The molecule has 0 fully saturated rings. The molecule has 0 unspecified atom stereocenters. The lowest BCUT2D eigenvalue weighted by Gasteiger charge is -2.05. The molecule has 1 N–H and O–H groups in total. The highest BCUT2D eigenvalue weighted by Crippen LogP contribution is 2.10. The fourth-order valence-corrected chi connectivity index (χ4v) is 1.64. The fraction of sp³-hybridized carbons (Fsp3) is 0.0909. The quantitative estimate of drug-likeness (QED) is 0.720. The van der Waals surface area contributed by atoms with Crippen molar-refractivity contribution in [2.24, 2.45) is 7.05 Å². The first kappa shape index (κ1) is 12.0. The second kappa shape index (κ2) is 4.88. The first-order chi connectivity index (χ1) is 9.74. The molecule has 1 aromatic carbocycles. The van der Waals surface area contributed by atoms with Crippen molar-refractivity contribution in [3.63, 3.8) is 0 Å². The number of nitrogens with zero attached hydrogens (tertiary/aromatic N) is 7. The van der Waals surface area contributed by atoms with Gasteiger partial charge in [0.25, 0.3) is 5.91 Å². The van der Waals surface area contributed by atoms with Crippen molar-refractivity contribution in [3.05, 3.63) is 42.5 Å². The Labute approximate surface area is 113 Å². The van der Waals surface area contributed by atoms with Crippen molar-refractivity contribution in [2.45, 2.75) is 0 Å². The van der Waals surface area contributed by atoms with Crippen LogP contribution in [0.2, 0.25) is 0 Å². The maximum Gasteiger partial charge on any atom is 0.258 e. The van der Waals surface area contributed by atoms with Crippen molar-refractivity contribution in [2.75, 3.05) is 5.32 Å². The van der Waals surface area contributed by atoms with Crippen molar-refractivity contribution >= 4 is 11.9 Å². The molecule has 0 saturated heterocycles. The van der Waals surface area contributed by atoms with Crippen molar-refractivity contribution < 1.29 is 4.79 Å². The number of nitrogens with one attached hydrogen (secondary N) is 1. The molecule has 0 bridgehead atoms. The number of aromatic nitrogens is 7. The molecule has 0 radical (unpaired) electrons. The van der Waals surface area contributed by atoms with E-state index in [0.29, 0.717) is 17.2 Å². The average molecular weight is 270 g/mol. The summed E-state index contributed by atoms with van der Waals surface area (Å²) in [7, 11) is 1.74. The average Bonchev–Trinajstić information content (AvgIpc) is 3.12. The molecule has 2 aromatic heterocycles. The molecule has 0 saturated carbocycles. The molecule has 100 valence electrons. The summed E-state index contributed by atoms with van der Waals surface area (Å²) in [5, 5.41) is 21.0. The number of hydrogen-bond donors (Lipinski definition) is 1. The third-order valence-electron chi connectivity index (χ3n) is 2.66. The summed E-state index contributed by atoms with van der Waals surface area (Å²) in [6.07, 6.45) is 2.97. The number of aryl methyl sites for hydroxylation is 1. The fourth-order valence-electron chi connectivity index (χ4n) is 1.64. The first-order valence-electron chi connectivity index (χ1n) is 5.73. The Hall–Kier alpha value is -3.10. The summed E-state index contributed by atoms with van der Waals surface area (Å²) < 4.78 is 3.09. The van der Waals surface area contributed by atoms with E-state index in [4.69, 9.17) is 0 Å². The summed E-state index contributed by atoms with van der Waals surface area (Å²) in [6.45, 7) is 0. The van der Waals surface area contributed by atoms with E-state index in [9.17, 15) is 4.79 Å². The summed E-state index contributed by atoms with van der Waals surface area (Å²) in [5.74, 6) is 0.0962. The topological polar surface area (TPSA) is 103 Å². The minimum Gasteiger partial charge on any atom is -0.303 e. The standard InChI is InChI=1S/C11H10N8O/c1-18-6-12-15-11(18)14-10(20)8-3-2-4-9(5-8)19-7-13-16-17-19/h2-7H,1H3,(H,14,15,20).